The van der Waals surface area contributed by atoms with E-state index in [-0.39, 0.29) is 24.0 Å². The van der Waals surface area contributed by atoms with Crippen molar-refractivity contribution in [1.29, 1.82) is 0 Å². The maximum atomic E-state index is 15.5. The largest absolute Gasteiger partial charge is 0.473 e. The summed E-state index contributed by atoms with van der Waals surface area (Å²) in [6.07, 6.45) is 0. The number of imidazole rings is 1. The van der Waals surface area contributed by atoms with Crippen molar-refractivity contribution in [2.75, 3.05) is 31.1 Å². The quantitative estimate of drug-likeness (QED) is 0.315. The number of aryl methyl sites for hydroxylation is 1. The Morgan fingerprint density at radius 2 is 1.48 bits per heavy atom. The van der Waals surface area contributed by atoms with E-state index in [0.717, 1.165) is 24.2 Å². The average molecular weight is 540 g/mol. The fourth-order valence-electron chi connectivity index (χ4n) is 4.96. The molecule has 9 heteroatoms. The van der Waals surface area contributed by atoms with Gasteiger partial charge in [0.2, 0.25) is 11.8 Å². The van der Waals surface area contributed by atoms with Crippen LogP contribution in [-0.2, 0) is 20.3 Å². The maximum Gasteiger partial charge on any atom is 0.333 e. The summed E-state index contributed by atoms with van der Waals surface area (Å²) in [7, 11) is 1.69. The van der Waals surface area contributed by atoms with Crippen LogP contribution in [-0.4, -0.2) is 40.3 Å². The van der Waals surface area contributed by atoms with Crippen LogP contribution in [0.5, 0.6) is 11.8 Å². The number of nitrogens with one attached hydrogen (secondary N) is 1. The predicted molar refractivity (Wildman–Crippen MR) is 153 cm³/mol. The first kappa shape index (κ1) is 25.6. The van der Waals surface area contributed by atoms with Gasteiger partial charge in [-0.25, -0.2) is 9.18 Å². The Hall–Kier alpha value is -4.63. The van der Waals surface area contributed by atoms with Crippen molar-refractivity contribution in [1.82, 2.24) is 19.4 Å². The minimum Gasteiger partial charge on any atom is -0.473 e. The van der Waals surface area contributed by atoms with Crippen LogP contribution >= 0.6 is 0 Å². The number of fused-ring (bicyclic) bond motifs is 1. The number of halogens is 1. The van der Waals surface area contributed by atoms with E-state index < -0.39 is 0 Å². The van der Waals surface area contributed by atoms with E-state index in [9.17, 15) is 4.79 Å². The van der Waals surface area contributed by atoms with Crippen LogP contribution in [0.4, 0.5) is 10.1 Å². The highest BCUT2D eigenvalue weighted by atomic mass is 19.1. The first-order valence-electron chi connectivity index (χ1n) is 13.3. The maximum absolute atomic E-state index is 15.5. The van der Waals surface area contributed by atoms with Crippen LogP contribution in [0.1, 0.15) is 11.1 Å². The molecule has 204 valence electrons. The van der Waals surface area contributed by atoms with Gasteiger partial charge in [0, 0.05) is 45.4 Å². The Bertz CT molecular complexity index is 1680. The molecule has 0 atom stereocenters. The molecule has 40 heavy (non-hydrogen) atoms. The van der Waals surface area contributed by atoms with Gasteiger partial charge in [-0.1, -0.05) is 60.7 Å². The Morgan fingerprint density at radius 3 is 2.15 bits per heavy atom. The lowest BCUT2D eigenvalue weighted by molar-refractivity contribution is 0.267. The highest BCUT2D eigenvalue weighted by Crippen LogP contribution is 2.31. The topological polar surface area (TPSA) is 73.5 Å². The molecule has 0 amide bonds. The lowest BCUT2D eigenvalue weighted by Gasteiger charge is -2.29. The Morgan fingerprint density at radius 1 is 0.825 bits per heavy atom. The number of nitrogens with zero attached hydrogens (tertiary/aromatic N) is 4. The van der Waals surface area contributed by atoms with Crippen LogP contribution in [0, 0.1) is 5.82 Å². The van der Waals surface area contributed by atoms with Gasteiger partial charge in [-0.15, -0.1) is 0 Å². The molecule has 2 aromatic heterocycles. The first-order chi connectivity index (χ1) is 19.6. The van der Waals surface area contributed by atoms with Crippen molar-refractivity contribution < 1.29 is 13.9 Å². The van der Waals surface area contributed by atoms with Gasteiger partial charge in [0.25, 0.3) is 0 Å². The molecule has 8 nitrogen and oxygen atoms in total. The van der Waals surface area contributed by atoms with Gasteiger partial charge in [0.15, 0.2) is 0 Å². The summed E-state index contributed by atoms with van der Waals surface area (Å²) in [6, 6.07) is 26.1. The fraction of sp³-hybridized carbons (Fsp3) is 0.226. The smallest absolute Gasteiger partial charge is 0.333 e. The molecule has 1 fully saturated rings. The van der Waals surface area contributed by atoms with Crippen molar-refractivity contribution in [3.8, 4) is 17.4 Å². The zero-order valence-corrected chi connectivity index (χ0v) is 22.2. The molecule has 6 rings (SSSR count). The zero-order chi connectivity index (χ0) is 27.5. The summed E-state index contributed by atoms with van der Waals surface area (Å²) in [6.45, 7) is 3.53. The third-order valence-corrected chi connectivity index (χ3v) is 7.09. The van der Waals surface area contributed by atoms with Gasteiger partial charge >= 0.3 is 5.69 Å². The number of hydrogen-bond donors (Lipinski definition) is 1. The van der Waals surface area contributed by atoms with Crippen molar-refractivity contribution in [2.45, 2.75) is 13.2 Å². The summed E-state index contributed by atoms with van der Waals surface area (Å²) in [5.74, 6) is 0.197. The molecule has 3 heterocycles. The summed E-state index contributed by atoms with van der Waals surface area (Å²) < 4.78 is 30.6. The molecule has 0 aliphatic carbocycles. The SMILES string of the molecule is Cn1c(=O)n(-c2ccc(OCc3ccccc3)nc2OCc2ccccc2)c2cc(F)c(N3CCNCC3)cc21. The highest BCUT2D eigenvalue weighted by molar-refractivity contribution is 5.83. The van der Waals surface area contributed by atoms with Gasteiger partial charge in [-0.3, -0.25) is 9.13 Å². The molecular formula is C31H30FN5O3. The molecule has 1 aliphatic heterocycles. The molecule has 0 unspecified atom stereocenters. The number of pyridine rings is 1. The molecule has 5 aromatic rings. The Labute approximate surface area is 231 Å². The molecule has 0 bridgehead atoms. The number of rotatable bonds is 8. The second kappa shape index (κ2) is 11.2. The zero-order valence-electron chi connectivity index (χ0n) is 22.2. The van der Waals surface area contributed by atoms with Crippen molar-refractivity contribution in [2.24, 2.45) is 7.05 Å². The van der Waals surface area contributed by atoms with Gasteiger partial charge in [0.05, 0.1) is 16.7 Å². The fourth-order valence-corrected chi connectivity index (χ4v) is 4.96. The van der Waals surface area contributed by atoms with Crippen LogP contribution in [0.15, 0.2) is 89.7 Å². The van der Waals surface area contributed by atoms with E-state index in [2.05, 4.69) is 10.3 Å². The van der Waals surface area contributed by atoms with E-state index in [1.54, 1.807) is 25.2 Å². The summed E-state index contributed by atoms with van der Waals surface area (Å²) in [5.41, 5.74) is 3.59. The minimum absolute atomic E-state index is 0.218. The van der Waals surface area contributed by atoms with E-state index in [0.29, 0.717) is 48.0 Å². The Balaban J connectivity index is 1.40. The summed E-state index contributed by atoms with van der Waals surface area (Å²) in [4.78, 5) is 20.2. The number of aromatic nitrogens is 3. The number of anilines is 1. The summed E-state index contributed by atoms with van der Waals surface area (Å²) >= 11 is 0. The van der Waals surface area contributed by atoms with Crippen molar-refractivity contribution >= 4 is 16.7 Å². The normalized spacial score (nSPS) is 13.5. The molecule has 1 aliphatic rings. The van der Waals surface area contributed by atoms with Gasteiger partial charge < -0.3 is 19.7 Å². The van der Waals surface area contributed by atoms with E-state index in [4.69, 9.17) is 9.47 Å². The molecule has 0 radical (unpaired) electrons. The van der Waals surface area contributed by atoms with E-state index in [1.807, 2.05) is 65.6 Å². The second-order valence-corrected chi connectivity index (χ2v) is 9.73. The lowest BCUT2D eigenvalue weighted by Crippen LogP contribution is -2.43. The predicted octanol–water partition coefficient (Wildman–Crippen LogP) is 4.43. The van der Waals surface area contributed by atoms with Crippen LogP contribution < -0.4 is 25.4 Å². The first-order valence-corrected chi connectivity index (χ1v) is 13.3. The molecular weight excluding hydrogens is 509 g/mol. The van der Waals surface area contributed by atoms with Crippen LogP contribution in [0.3, 0.4) is 0 Å². The monoisotopic (exact) mass is 539 g/mol. The van der Waals surface area contributed by atoms with Crippen molar-refractivity contribution in [3.05, 3.63) is 112 Å². The van der Waals surface area contributed by atoms with E-state index >= 15 is 4.39 Å². The lowest BCUT2D eigenvalue weighted by atomic mass is 10.2. The molecule has 0 spiro atoms. The minimum atomic E-state index is -0.378. The standard InChI is InChI=1S/C31H30FN5O3/c1-35-27-19-26(36-16-14-33-15-17-36)24(32)18-28(27)37(31(35)38)25-12-13-29(39-20-22-8-4-2-5-9-22)34-30(25)40-21-23-10-6-3-7-11-23/h2-13,18-19,33H,14-17,20-21H2,1H3. The summed E-state index contributed by atoms with van der Waals surface area (Å²) in [5, 5.41) is 3.29. The molecule has 1 saturated heterocycles. The highest BCUT2D eigenvalue weighted by Gasteiger charge is 2.22. The second-order valence-electron chi connectivity index (χ2n) is 9.73. The number of benzene rings is 3. The Kier molecular flexibility index (Phi) is 7.20. The van der Waals surface area contributed by atoms with Gasteiger partial charge in [-0.05, 0) is 23.3 Å². The number of hydrogen-bond acceptors (Lipinski definition) is 6. The van der Waals surface area contributed by atoms with Crippen LogP contribution in [0.25, 0.3) is 16.7 Å². The third kappa shape index (κ3) is 5.15. The van der Waals surface area contributed by atoms with Gasteiger partial charge in [-0.2, -0.15) is 4.98 Å². The van der Waals surface area contributed by atoms with E-state index in [1.165, 1.54) is 15.2 Å². The molecule has 3 aromatic carbocycles. The third-order valence-electron chi connectivity index (χ3n) is 7.09. The number of ether oxygens (including phenoxy) is 2. The van der Waals surface area contributed by atoms with Crippen molar-refractivity contribution in [3.63, 3.8) is 0 Å². The van der Waals surface area contributed by atoms with Gasteiger partial charge in [0.1, 0.15) is 24.7 Å². The average Bonchev–Trinajstić information content (AvgIpc) is 3.24. The number of piperazine rings is 1. The molecule has 1 N–H and O–H groups in total. The van der Waals surface area contributed by atoms with Crippen LogP contribution in [0.2, 0.25) is 0 Å². The molecule has 0 saturated carbocycles.